The summed E-state index contributed by atoms with van der Waals surface area (Å²) in [6, 6.07) is 3.18. The van der Waals surface area contributed by atoms with Crippen molar-refractivity contribution in [2.45, 2.75) is 0 Å². The number of thiophene rings is 1. The monoisotopic (exact) mass is 154 g/mol. The van der Waals surface area contributed by atoms with E-state index in [1.54, 1.807) is 12.1 Å². The third kappa shape index (κ3) is 0.593. The first-order chi connectivity index (χ1) is 4.77. The minimum absolute atomic E-state index is 0.495. The molecule has 2 rings (SSSR count). The normalized spacial score (nSPS) is 10.8. The molecule has 0 unspecified atom stereocenters. The van der Waals surface area contributed by atoms with Gasteiger partial charge in [-0.1, -0.05) is 0 Å². The lowest BCUT2D eigenvalue weighted by atomic mass is 10.5. The average Bonchev–Trinajstić information content (AvgIpc) is 2.28. The van der Waals surface area contributed by atoms with Crippen molar-refractivity contribution in [3.8, 4) is 0 Å². The van der Waals surface area contributed by atoms with Gasteiger partial charge in [0.1, 0.15) is 9.40 Å². The summed E-state index contributed by atoms with van der Waals surface area (Å²) in [5.41, 5.74) is -1.07. The van der Waals surface area contributed by atoms with Crippen LogP contribution in [0, 0.1) is 0 Å². The van der Waals surface area contributed by atoms with Crippen LogP contribution in [0.15, 0.2) is 26.1 Å². The lowest BCUT2D eigenvalue weighted by molar-refractivity contribution is 0.491. The highest BCUT2D eigenvalue weighted by Crippen LogP contribution is 2.12. The summed E-state index contributed by atoms with van der Waals surface area (Å²) in [6.07, 6.45) is 0. The summed E-state index contributed by atoms with van der Waals surface area (Å²) >= 11 is 1.17. The molecule has 0 fully saturated rings. The third-order valence-electron chi connectivity index (χ3n) is 1.19. The summed E-state index contributed by atoms with van der Waals surface area (Å²) in [5.74, 6) is 0. The van der Waals surface area contributed by atoms with Gasteiger partial charge in [-0.25, -0.2) is 9.59 Å². The van der Waals surface area contributed by atoms with Crippen LogP contribution in [0.25, 0.3) is 9.40 Å². The van der Waals surface area contributed by atoms with Crippen molar-refractivity contribution in [2.24, 2.45) is 0 Å². The van der Waals surface area contributed by atoms with Crippen LogP contribution in [-0.4, -0.2) is 0 Å². The van der Waals surface area contributed by atoms with Gasteiger partial charge in [-0.15, -0.1) is 11.3 Å². The number of hydrogen-bond acceptors (Lipinski definition) is 4. The minimum atomic E-state index is -0.535. The molecule has 0 radical (unpaired) electrons. The molecule has 3 nitrogen and oxygen atoms in total. The fourth-order valence-electron chi connectivity index (χ4n) is 0.742. The quantitative estimate of drug-likeness (QED) is 0.559. The second kappa shape index (κ2) is 1.67. The first kappa shape index (κ1) is 5.61. The highest BCUT2D eigenvalue weighted by molar-refractivity contribution is 7.23. The fraction of sp³-hybridized carbons (Fsp3) is 0. The molecule has 0 aliphatic carbocycles. The summed E-state index contributed by atoms with van der Waals surface area (Å²) in [4.78, 5) is 21.4. The predicted octanol–water partition coefficient (Wildman–Crippen LogP) is 0.653. The Balaban J connectivity index is 3.24. The van der Waals surface area contributed by atoms with Gasteiger partial charge in [-0.3, -0.25) is 0 Å². The standard InChI is InChI=1S/C6H2O3S/c7-5-3-1-2-4(10-3)6(8)9-5/h1-2H. The summed E-state index contributed by atoms with van der Waals surface area (Å²) < 4.78 is 5.33. The van der Waals surface area contributed by atoms with Gasteiger partial charge in [-0.2, -0.15) is 0 Å². The summed E-state index contributed by atoms with van der Waals surface area (Å²) in [5, 5.41) is 0. The lowest BCUT2D eigenvalue weighted by Crippen LogP contribution is -2.05. The zero-order chi connectivity index (χ0) is 7.14. The Kier molecular flexibility index (Phi) is 0.935. The molecule has 0 atom stereocenters. The molecular formula is C6H2O3S. The Morgan fingerprint density at radius 3 is 2.10 bits per heavy atom. The summed E-state index contributed by atoms with van der Waals surface area (Å²) in [7, 11) is 0. The molecular weight excluding hydrogens is 152 g/mol. The van der Waals surface area contributed by atoms with Crippen LogP contribution in [0.3, 0.4) is 0 Å². The van der Waals surface area contributed by atoms with Gasteiger partial charge in [-0.05, 0) is 12.1 Å². The average molecular weight is 154 g/mol. The van der Waals surface area contributed by atoms with Gasteiger partial charge in [0.05, 0.1) is 0 Å². The van der Waals surface area contributed by atoms with Gasteiger partial charge in [0.2, 0.25) is 0 Å². The molecule has 0 saturated heterocycles. The number of rotatable bonds is 0. The molecule has 4 heteroatoms. The predicted molar refractivity (Wildman–Crippen MR) is 37.8 cm³/mol. The Morgan fingerprint density at radius 2 is 1.60 bits per heavy atom. The fourth-order valence-corrected chi connectivity index (χ4v) is 1.50. The zero-order valence-corrected chi connectivity index (χ0v) is 5.60. The zero-order valence-electron chi connectivity index (χ0n) is 4.79. The second-order valence-corrected chi connectivity index (χ2v) is 2.92. The summed E-state index contributed by atoms with van der Waals surface area (Å²) in [6.45, 7) is 0. The Labute approximate surface area is 58.9 Å². The van der Waals surface area contributed by atoms with Crippen molar-refractivity contribution < 1.29 is 4.42 Å². The molecule has 0 N–H and O–H groups in total. The van der Waals surface area contributed by atoms with Gasteiger partial charge in [0.15, 0.2) is 0 Å². The van der Waals surface area contributed by atoms with Crippen LogP contribution in [-0.2, 0) is 0 Å². The topological polar surface area (TPSA) is 47.3 Å². The van der Waals surface area contributed by atoms with E-state index in [0.717, 1.165) is 0 Å². The van der Waals surface area contributed by atoms with E-state index in [2.05, 4.69) is 4.42 Å². The van der Waals surface area contributed by atoms with E-state index in [9.17, 15) is 9.59 Å². The molecule has 0 amide bonds. The van der Waals surface area contributed by atoms with E-state index >= 15 is 0 Å². The maximum atomic E-state index is 10.7. The van der Waals surface area contributed by atoms with E-state index in [1.807, 2.05) is 0 Å². The van der Waals surface area contributed by atoms with Crippen molar-refractivity contribution in [1.82, 2.24) is 0 Å². The second-order valence-electron chi connectivity index (χ2n) is 1.84. The highest BCUT2D eigenvalue weighted by Gasteiger charge is 2.03. The molecule has 10 heavy (non-hydrogen) atoms. The number of fused-ring (bicyclic) bond motifs is 2. The molecule has 50 valence electrons. The van der Waals surface area contributed by atoms with Crippen LogP contribution < -0.4 is 11.3 Å². The van der Waals surface area contributed by atoms with Gasteiger partial charge in [0.25, 0.3) is 0 Å². The Morgan fingerprint density at radius 1 is 1.10 bits per heavy atom. The van der Waals surface area contributed by atoms with E-state index in [-0.39, 0.29) is 0 Å². The molecule has 0 spiro atoms. The third-order valence-corrected chi connectivity index (χ3v) is 2.24. The Hall–Kier alpha value is -1.16. The first-order valence-electron chi connectivity index (χ1n) is 2.64. The maximum Gasteiger partial charge on any atom is 0.356 e. The maximum absolute atomic E-state index is 10.7. The van der Waals surface area contributed by atoms with Crippen LogP contribution in [0.1, 0.15) is 0 Å². The van der Waals surface area contributed by atoms with Crippen LogP contribution in [0.4, 0.5) is 0 Å². The SMILES string of the molecule is O=c1oc(=O)c2ccc1s2. The molecule has 0 aliphatic heterocycles. The van der Waals surface area contributed by atoms with E-state index in [0.29, 0.717) is 9.40 Å². The van der Waals surface area contributed by atoms with Crippen molar-refractivity contribution in [2.75, 3.05) is 0 Å². The first-order valence-corrected chi connectivity index (χ1v) is 3.45. The van der Waals surface area contributed by atoms with Crippen molar-refractivity contribution in [3.05, 3.63) is 33.0 Å². The van der Waals surface area contributed by atoms with Crippen molar-refractivity contribution >= 4 is 20.7 Å². The van der Waals surface area contributed by atoms with E-state index in [4.69, 9.17) is 0 Å². The van der Waals surface area contributed by atoms with Crippen LogP contribution >= 0.6 is 11.3 Å². The molecule has 0 aliphatic rings. The molecule has 2 aromatic heterocycles. The molecule has 0 aromatic carbocycles. The lowest BCUT2D eigenvalue weighted by Gasteiger charge is -1.76. The van der Waals surface area contributed by atoms with Gasteiger partial charge < -0.3 is 4.42 Å². The minimum Gasteiger partial charge on any atom is -0.384 e. The molecule has 2 aromatic rings. The number of hydrogen-bond donors (Lipinski definition) is 0. The smallest absolute Gasteiger partial charge is 0.356 e. The van der Waals surface area contributed by atoms with Crippen molar-refractivity contribution in [1.29, 1.82) is 0 Å². The van der Waals surface area contributed by atoms with Crippen LogP contribution in [0.5, 0.6) is 0 Å². The van der Waals surface area contributed by atoms with Crippen molar-refractivity contribution in [3.63, 3.8) is 0 Å². The Bertz CT molecular complexity index is 413. The van der Waals surface area contributed by atoms with Gasteiger partial charge >= 0.3 is 11.3 Å². The van der Waals surface area contributed by atoms with Crippen LogP contribution in [0.2, 0.25) is 0 Å². The molecule has 2 heterocycles. The molecule has 2 bridgehead atoms. The van der Waals surface area contributed by atoms with Gasteiger partial charge in [0, 0.05) is 0 Å². The van der Waals surface area contributed by atoms with E-state index in [1.165, 1.54) is 11.3 Å². The highest BCUT2D eigenvalue weighted by atomic mass is 32.1. The van der Waals surface area contributed by atoms with E-state index < -0.39 is 11.3 Å². The largest absolute Gasteiger partial charge is 0.384 e. The molecule has 0 saturated carbocycles.